The number of hydrogen-bond acceptors (Lipinski definition) is 5. The number of H-pyrrole nitrogens is 1. The molecule has 0 saturated carbocycles. The molecule has 3 N–H and O–H groups in total. The predicted molar refractivity (Wildman–Crippen MR) is 112 cm³/mol. The summed E-state index contributed by atoms with van der Waals surface area (Å²) in [7, 11) is 1.67. The maximum absolute atomic E-state index is 6.06. The van der Waals surface area contributed by atoms with E-state index in [1.807, 2.05) is 36.4 Å². The fourth-order valence-corrected chi connectivity index (χ4v) is 3.17. The lowest BCUT2D eigenvalue weighted by atomic mass is 10.2. The van der Waals surface area contributed by atoms with Crippen LogP contribution in [0.1, 0.15) is 11.3 Å². The van der Waals surface area contributed by atoms with Crippen molar-refractivity contribution >= 4 is 34.1 Å². The third-order valence-electron chi connectivity index (χ3n) is 4.37. The minimum absolute atomic E-state index is 0.674. The van der Waals surface area contributed by atoms with E-state index in [1.54, 1.807) is 13.4 Å². The summed E-state index contributed by atoms with van der Waals surface area (Å²) in [5.74, 6) is 1.60. The Bertz CT molecular complexity index is 1080. The molecule has 0 atom stereocenters. The second kappa shape index (κ2) is 8.29. The monoisotopic (exact) mass is 393 g/mol. The van der Waals surface area contributed by atoms with Gasteiger partial charge in [0.25, 0.3) is 0 Å². The Kier molecular flexibility index (Phi) is 5.41. The molecular formula is C21H20ClN5O. The zero-order valence-corrected chi connectivity index (χ0v) is 16.1. The molecule has 0 radical (unpaired) electrons. The average molecular weight is 394 g/mol. The van der Waals surface area contributed by atoms with Gasteiger partial charge in [0.05, 0.1) is 12.5 Å². The molecule has 0 aliphatic rings. The molecule has 0 aliphatic heterocycles. The lowest BCUT2D eigenvalue weighted by molar-refractivity contribution is 0.414. The number of benzene rings is 2. The molecular weight excluding hydrogens is 374 g/mol. The van der Waals surface area contributed by atoms with Gasteiger partial charge in [-0.3, -0.25) is 0 Å². The Balaban J connectivity index is 1.45. The number of anilines is 2. The lowest BCUT2D eigenvalue weighted by Gasteiger charge is -2.06. The van der Waals surface area contributed by atoms with E-state index in [2.05, 4.69) is 43.8 Å². The molecule has 142 valence electrons. The van der Waals surface area contributed by atoms with Crippen LogP contribution in [-0.4, -0.2) is 22.1 Å². The van der Waals surface area contributed by atoms with Gasteiger partial charge >= 0.3 is 0 Å². The zero-order valence-electron chi connectivity index (χ0n) is 15.4. The summed E-state index contributed by atoms with van der Waals surface area (Å²) >= 11 is 6.06. The molecule has 0 saturated heterocycles. The van der Waals surface area contributed by atoms with Crippen molar-refractivity contribution in [1.82, 2.24) is 20.3 Å². The summed E-state index contributed by atoms with van der Waals surface area (Å²) in [6, 6.07) is 17.6. The second-order valence-corrected chi connectivity index (χ2v) is 6.80. The van der Waals surface area contributed by atoms with Crippen molar-refractivity contribution in [2.24, 2.45) is 0 Å². The van der Waals surface area contributed by atoms with Crippen LogP contribution in [0.4, 0.5) is 11.5 Å². The highest BCUT2D eigenvalue weighted by Gasteiger charge is 2.08. The summed E-state index contributed by atoms with van der Waals surface area (Å²) in [5, 5.41) is 8.35. The van der Waals surface area contributed by atoms with Gasteiger partial charge < -0.3 is 20.4 Å². The number of fused-ring (bicyclic) bond motifs is 1. The van der Waals surface area contributed by atoms with Gasteiger partial charge in [-0.15, -0.1) is 0 Å². The quantitative estimate of drug-likeness (QED) is 0.426. The molecule has 4 rings (SSSR count). The van der Waals surface area contributed by atoms with Gasteiger partial charge in [-0.05, 0) is 42.0 Å². The van der Waals surface area contributed by atoms with Crippen LogP contribution >= 0.6 is 11.6 Å². The van der Waals surface area contributed by atoms with Crippen LogP contribution in [0.15, 0.2) is 60.9 Å². The van der Waals surface area contributed by atoms with Gasteiger partial charge in [-0.1, -0.05) is 29.8 Å². The molecule has 7 heteroatoms. The first-order valence-electron chi connectivity index (χ1n) is 8.90. The van der Waals surface area contributed by atoms with Gasteiger partial charge in [-0.25, -0.2) is 9.97 Å². The van der Waals surface area contributed by atoms with Crippen molar-refractivity contribution in [2.45, 2.75) is 13.1 Å². The van der Waals surface area contributed by atoms with Crippen molar-refractivity contribution in [3.63, 3.8) is 0 Å². The number of rotatable bonds is 7. The largest absolute Gasteiger partial charge is 0.497 e. The first-order valence-corrected chi connectivity index (χ1v) is 9.28. The fraction of sp³-hybridized carbons (Fsp3) is 0.143. The molecule has 0 aliphatic carbocycles. The van der Waals surface area contributed by atoms with E-state index >= 15 is 0 Å². The van der Waals surface area contributed by atoms with Crippen LogP contribution < -0.4 is 15.4 Å². The normalized spacial score (nSPS) is 10.9. The Hall–Kier alpha value is -3.09. The van der Waals surface area contributed by atoms with Crippen molar-refractivity contribution < 1.29 is 4.74 Å². The molecule has 6 nitrogen and oxygen atoms in total. The molecule has 0 amide bonds. The van der Waals surface area contributed by atoms with Crippen LogP contribution in [0.5, 0.6) is 5.75 Å². The minimum atomic E-state index is 0.674. The molecule has 0 spiro atoms. The summed E-state index contributed by atoms with van der Waals surface area (Å²) in [5.41, 5.74) is 3.91. The Morgan fingerprint density at radius 2 is 1.89 bits per heavy atom. The highest BCUT2D eigenvalue weighted by Crippen LogP contribution is 2.25. The van der Waals surface area contributed by atoms with E-state index in [-0.39, 0.29) is 0 Å². The van der Waals surface area contributed by atoms with E-state index in [9.17, 15) is 0 Å². The topological polar surface area (TPSA) is 74.9 Å². The number of halogens is 1. The van der Waals surface area contributed by atoms with E-state index in [0.717, 1.165) is 40.5 Å². The summed E-state index contributed by atoms with van der Waals surface area (Å²) in [6.07, 6.45) is 1.54. The van der Waals surface area contributed by atoms with Crippen molar-refractivity contribution in [2.75, 3.05) is 12.4 Å². The molecule has 0 fully saturated rings. The van der Waals surface area contributed by atoms with Gasteiger partial charge in [-0.2, -0.15) is 0 Å². The molecule has 4 aromatic rings. The van der Waals surface area contributed by atoms with Crippen LogP contribution in [0.3, 0.4) is 0 Å². The number of hydrogen-bond donors (Lipinski definition) is 3. The van der Waals surface area contributed by atoms with Gasteiger partial charge in [0.2, 0.25) is 0 Å². The van der Waals surface area contributed by atoms with Crippen LogP contribution in [0, 0.1) is 0 Å². The van der Waals surface area contributed by atoms with Crippen LogP contribution in [0.25, 0.3) is 11.0 Å². The molecule has 28 heavy (non-hydrogen) atoms. The van der Waals surface area contributed by atoms with Crippen LogP contribution in [0.2, 0.25) is 5.02 Å². The number of aromatic amines is 1. The Labute approximate surface area is 167 Å². The Morgan fingerprint density at radius 3 is 2.68 bits per heavy atom. The van der Waals surface area contributed by atoms with Crippen LogP contribution in [-0.2, 0) is 13.1 Å². The molecule has 2 aromatic carbocycles. The molecule has 2 heterocycles. The number of aromatic nitrogens is 3. The van der Waals surface area contributed by atoms with Gasteiger partial charge in [0.15, 0.2) is 0 Å². The highest BCUT2D eigenvalue weighted by atomic mass is 35.5. The van der Waals surface area contributed by atoms with E-state index in [4.69, 9.17) is 16.3 Å². The summed E-state index contributed by atoms with van der Waals surface area (Å²) in [4.78, 5) is 12.0. The maximum atomic E-state index is 6.06. The third-order valence-corrected chi connectivity index (χ3v) is 4.61. The van der Waals surface area contributed by atoms with E-state index in [1.165, 1.54) is 5.56 Å². The lowest BCUT2D eigenvalue weighted by Crippen LogP contribution is -2.12. The summed E-state index contributed by atoms with van der Waals surface area (Å²) in [6.45, 7) is 1.46. The van der Waals surface area contributed by atoms with E-state index in [0.29, 0.717) is 11.6 Å². The molecule has 0 bridgehead atoms. The van der Waals surface area contributed by atoms with Gasteiger partial charge in [0, 0.05) is 29.5 Å². The highest BCUT2D eigenvalue weighted by molar-refractivity contribution is 6.30. The number of ether oxygens (including phenoxy) is 1. The first-order chi connectivity index (χ1) is 13.7. The third kappa shape index (κ3) is 4.24. The molecule has 2 aromatic heterocycles. The molecule has 0 unspecified atom stereocenters. The fourth-order valence-electron chi connectivity index (χ4n) is 2.98. The van der Waals surface area contributed by atoms with Gasteiger partial charge in [0.1, 0.15) is 23.5 Å². The SMILES string of the molecule is COc1ccc(CNCc2cc3c(Nc4cccc(Cl)c4)ncnc3[nH]2)cc1. The maximum Gasteiger partial charge on any atom is 0.143 e. The standard InChI is InChI=1S/C21H20ClN5O/c1-28-18-7-5-14(6-8-18)11-23-12-17-10-19-20(24-13-25-21(19)27-17)26-16-4-2-3-15(22)9-16/h2-10,13,23H,11-12H2,1H3,(H2,24,25,26,27). The number of methoxy groups -OCH3 is 1. The Morgan fingerprint density at radius 1 is 1.04 bits per heavy atom. The zero-order chi connectivity index (χ0) is 19.3. The second-order valence-electron chi connectivity index (χ2n) is 6.37. The van der Waals surface area contributed by atoms with Crippen molar-refractivity contribution in [3.05, 3.63) is 77.2 Å². The number of nitrogens with one attached hydrogen (secondary N) is 3. The number of nitrogens with zero attached hydrogens (tertiary/aromatic N) is 2. The minimum Gasteiger partial charge on any atom is -0.497 e. The average Bonchev–Trinajstić information content (AvgIpc) is 3.13. The van der Waals surface area contributed by atoms with E-state index < -0.39 is 0 Å². The smallest absolute Gasteiger partial charge is 0.143 e. The van der Waals surface area contributed by atoms with Crippen molar-refractivity contribution in [3.8, 4) is 5.75 Å². The summed E-state index contributed by atoms with van der Waals surface area (Å²) < 4.78 is 5.19. The first kappa shape index (κ1) is 18.3. The predicted octanol–water partition coefficient (Wildman–Crippen LogP) is 4.65. The van der Waals surface area contributed by atoms with Crippen molar-refractivity contribution in [1.29, 1.82) is 0 Å².